The van der Waals surface area contributed by atoms with Gasteiger partial charge in [-0.15, -0.1) is 12.3 Å². The van der Waals surface area contributed by atoms with Gasteiger partial charge in [-0.2, -0.15) is 0 Å². The minimum Gasteiger partial charge on any atom is -0.496 e. The number of ether oxygens (including phenoxy) is 2. The predicted molar refractivity (Wildman–Crippen MR) is 65.3 cm³/mol. The standard InChI is InChI=1S/C13H15NO3/c1-4-6-9(14)13(15)12-10(16-2)7-5-8-11(12)17-3/h1,5,7-9H,6,14H2,2-3H3. The van der Waals surface area contributed by atoms with E-state index in [9.17, 15) is 4.79 Å². The molecule has 0 aromatic heterocycles. The second-order valence-corrected chi connectivity index (χ2v) is 3.42. The molecule has 0 spiro atoms. The van der Waals surface area contributed by atoms with Crippen LogP contribution in [0.25, 0.3) is 0 Å². The number of terminal acetylenes is 1. The van der Waals surface area contributed by atoms with Crippen molar-refractivity contribution in [2.75, 3.05) is 14.2 Å². The lowest BCUT2D eigenvalue weighted by atomic mass is 10.0. The topological polar surface area (TPSA) is 61.6 Å². The van der Waals surface area contributed by atoms with Gasteiger partial charge in [0.1, 0.15) is 17.1 Å². The molecule has 0 aliphatic rings. The normalized spacial score (nSPS) is 11.4. The minimum absolute atomic E-state index is 0.181. The van der Waals surface area contributed by atoms with Gasteiger partial charge in [0.25, 0.3) is 0 Å². The van der Waals surface area contributed by atoms with Gasteiger partial charge < -0.3 is 15.2 Å². The Hall–Kier alpha value is -1.99. The zero-order valence-electron chi connectivity index (χ0n) is 9.90. The van der Waals surface area contributed by atoms with Crippen LogP contribution in [0.15, 0.2) is 18.2 Å². The van der Waals surface area contributed by atoms with Crippen LogP contribution in [0, 0.1) is 12.3 Å². The van der Waals surface area contributed by atoms with Crippen molar-refractivity contribution in [2.24, 2.45) is 5.73 Å². The molecular weight excluding hydrogens is 218 g/mol. The largest absolute Gasteiger partial charge is 0.496 e. The molecule has 0 saturated carbocycles. The van der Waals surface area contributed by atoms with Gasteiger partial charge in [0, 0.05) is 6.42 Å². The molecule has 0 amide bonds. The molecular formula is C13H15NO3. The number of ketones is 1. The first kappa shape index (κ1) is 13.1. The van der Waals surface area contributed by atoms with Crippen LogP contribution in [0.2, 0.25) is 0 Å². The first-order chi connectivity index (χ1) is 8.15. The third-order valence-electron chi connectivity index (χ3n) is 2.35. The Morgan fingerprint density at radius 2 is 1.94 bits per heavy atom. The summed E-state index contributed by atoms with van der Waals surface area (Å²) in [7, 11) is 2.97. The van der Waals surface area contributed by atoms with Crippen LogP contribution in [-0.4, -0.2) is 26.0 Å². The molecule has 4 heteroatoms. The van der Waals surface area contributed by atoms with Crippen LogP contribution in [0.1, 0.15) is 16.8 Å². The second kappa shape index (κ2) is 5.92. The highest BCUT2D eigenvalue weighted by atomic mass is 16.5. The second-order valence-electron chi connectivity index (χ2n) is 3.42. The molecule has 2 N–H and O–H groups in total. The van der Waals surface area contributed by atoms with E-state index in [4.69, 9.17) is 21.6 Å². The Morgan fingerprint density at radius 1 is 1.41 bits per heavy atom. The van der Waals surface area contributed by atoms with Gasteiger partial charge >= 0.3 is 0 Å². The molecule has 90 valence electrons. The quantitative estimate of drug-likeness (QED) is 0.614. The molecule has 0 saturated heterocycles. The van der Waals surface area contributed by atoms with Crippen molar-refractivity contribution in [1.82, 2.24) is 0 Å². The molecule has 1 rings (SSSR count). The number of nitrogens with two attached hydrogens (primary N) is 1. The Kier molecular flexibility index (Phi) is 4.56. The van der Waals surface area contributed by atoms with Crippen LogP contribution < -0.4 is 15.2 Å². The summed E-state index contributed by atoms with van der Waals surface area (Å²) < 4.78 is 10.3. The SMILES string of the molecule is C#CCC(N)C(=O)c1c(OC)cccc1OC. The van der Waals surface area contributed by atoms with E-state index in [0.29, 0.717) is 17.1 Å². The van der Waals surface area contributed by atoms with Gasteiger partial charge in [-0.05, 0) is 12.1 Å². The summed E-state index contributed by atoms with van der Waals surface area (Å²) in [4.78, 5) is 12.1. The first-order valence-corrected chi connectivity index (χ1v) is 5.10. The number of rotatable bonds is 5. The van der Waals surface area contributed by atoms with Gasteiger partial charge in [-0.3, -0.25) is 4.79 Å². The summed E-state index contributed by atoms with van der Waals surface area (Å²) in [5, 5.41) is 0. The van der Waals surface area contributed by atoms with Gasteiger partial charge in [0.05, 0.1) is 20.3 Å². The highest BCUT2D eigenvalue weighted by Gasteiger charge is 2.22. The van der Waals surface area contributed by atoms with E-state index in [1.54, 1.807) is 18.2 Å². The maximum Gasteiger partial charge on any atom is 0.187 e. The molecule has 0 fully saturated rings. The van der Waals surface area contributed by atoms with Gasteiger partial charge in [-0.1, -0.05) is 6.07 Å². The summed E-state index contributed by atoms with van der Waals surface area (Å²) in [5.74, 6) is 2.95. The third-order valence-corrected chi connectivity index (χ3v) is 2.35. The third kappa shape index (κ3) is 2.77. The van der Waals surface area contributed by atoms with E-state index in [1.165, 1.54) is 14.2 Å². The molecule has 0 bridgehead atoms. The highest BCUT2D eigenvalue weighted by Crippen LogP contribution is 2.29. The van der Waals surface area contributed by atoms with Crippen molar-refractivity contribution in [1.29, 1.82) is 0 Å². The lowest BCUT2D eigenvalue weighted by molar-refractivity contribution is 0.0956. The van der Waals surface area contributed by atoms with E-state index in [0.717, 1.165) is 0 Å². The molecule has 0 aliphatic heterocycles. The van der Waals surface area contributed by atoms with Crippen molar-refractivity contribution in [3.8, 4) is 23.8 Å². The average molecular weight is 233 g/mol. The highest BCUT2D eigenvalue weighted by molar-refractivity contribution is 6.04. The molecule has 1 atom stereocenters. The molecule has 17 heavy (non-hydrogen) atoms. The molecule has 0 heterocycles. The van der Waals surface area contributed by atoms with Crippen LogP contribution in [0.4, 0.5) is 0 Å². The monoisotopic (exact) mass is 233 g/mol. The predicted octanol–water partition coefficient (Wildman–Crippen LogP) is 1.24. The molecule has 0 radical (unpaired) electrons. The fourth-order valence-corrected chi connectivity index (χ4v) is 1.50. The van der Waals surface area contributed by atoms with Crippen molar-refractivity contribution >= 4 is 5.78 Å². The number of hydrogen-bond acceptors (Lipinski definition) is 4. The van der Waals surface area contributed by atoms with Crippen molar-refractivity contribution in [3.05, 3.63) is 23.8 Å². The minimum atomic E-state index is -0.745. The lowest BCUT2D eigenvalue weighted by Gasteiger charge is -2.14. The van der Waals surface area contributed by atoms with Crippen LogP contribution in [-0.2, 0) is 0 Å². The van der Waals surface area contributed by atoms with Crippen molar-refractivity contribution in [2.45, 2.75) is 12.5 Å². The Bertz CT molecular complexity index is 426. The fourth-order valence-electron chi connectivity index (χ4n) is 1.50. The average Bonchev–Trinajstić information content (AvgIpc) is 2.37. The van der Waals surface area contributed by atoms with Gasteiger partial charge in [-0.25, -0.2) is 0 Å². The van der Waals surface area contributed by atoms with E-state index in [-0.39, 0.29) is 12.2 Å². The zero-order chi connectivity index (χ0) is 12.8. The van der Waals surface area contributed by atoms with E-state index < -0.39 is 6.04 Å². The maximum absolute atomic E-state index is 12.1. The number of methoxy groups -OCH3 is 2. The van der Waals surface area contributed by atoms with Gasteiger partial charge in [0.2, 0.25) is 0 Å². The van der Waals surface area contributed by atoms with Crippen LogP contribution in [0.5, 0.6) is 11.5 Å². The molecule has 1 unspecified atom stereocenters. The molecule has 0 aliphatic carbocycles. The Morgan fingerprint density at radius 3 is 2.35 bits per heavy atom. The number of Topliss-reactive ketones (excluding diaryl/α,β-unsaturated/α-hetero) is 1. The molecule has 1 aromatic carbocycles. The summed E-state index contributed by atoms with van der Waals surface area (Å²) in [5.41, 5.74) is 6.04. The number of hydrogen-bond donors (Lipinski definition) is 1. The Labute approximate surface area is 101 Å². The van der Waals surface area contributed by atoms with E-state index in [2.05, 4.69) is 5.92 Å². The number of benzene rings is 1. The smallest absolute Gasteiger partial charge is 0.187 e. The first-order valence-electron chi connectivity index (χ1n) is 5.10. The summed E-state index contributed by atoms with van der Waals surface area (Å²) in [6.07, 6.45) is 5.32. The van der Waals surface area contributed by atoms with E-state index in [1.807, 2.05) is 0 Å². The zero-order valence-corrected chi connectivity index (χ0v) is 9.90. The lowest BCUT2D eigenvalue weighted by Crippen LogP contribution is -2.30. The van der Waals surface area contributed by atoms with Crippen molar-refractivity contribution in [3.63, 3.8) is 0 Å². The van der Waals surface area contributed by atoms with Gasteiger partial charge in [0.15, 0.2) is 5.78 Å². The fraction of sp³-hybridized carbons (Fsp3) is 0.308. The Balaban J connectivity index is 3.19. The number of carbonyl (C=O) groups is 1. The van der Waals surface area contributed by atoms with Crippen LogP contribution in [0.3, 0.4) is 0 Å². The molecule has 1 aromatic rings. The number of carbonyl (C=O) groups excluding carboxylic acids is 1. The summed E-state index contributed by atoms with van der Waals surface area (Å²) in [6.45, 7) is 0. The van der Waals surface area contributed by atoms with Crippen LogP contribution >= 0.6 is 0 Å². The van der Waals surface area contributed by atoms with E-state index >= 15 is 0 Å². The summed E-state index contributed by atoms with van der Waals surface area (Å²) in [6, 6.07) is 4.35. The summed E-state index contributed by atoms with van der Waals surface area (Å²) >= 11 is 0. The molecule has 4 nitrogen and oxygen atoms in total. The maximum atomic E-state index is 12.1. The van der Waals surface area contributed by atoms with Crippen molar-refractivity contribution < 1.29 is 14.3 Å².